The predicted octanol–water partition coefficient (Wildman–Crippen LogP) is 1.67. The molecule has 4 nitrogen and oxygen atoms in total. The van der Waals surface area contributed by atoms with Gasteiger partial charge in [0.05, 0.1) is 6.61 Å². The van der Waals surface area contributed by atoms with E-state index in [9.17, 15) is 14.0 Å². The summed E-state index contributed by atoms with van der Waals surface area (Å²) >= 11 is 0. The third kappa shape index (κ3) is 3.86. The smallest absolute Gasteiger partial charge is 0.255 e. The molecule has 2 N–H and O–H groups in total. The van der Waals surface area contributed by atoms with E-state index in [2.05, 4.69) is 0 Å². The van der Waals surface area contributed by atoms with Crippen LogP contribution in [0.15, 0.2) is 18.2 Å². The second-order valence-electron chi connectivity index (χ2n) is 3.63. The molecule has 5 heteroatoms. The lowest BCUT2D eigenvalue weighted by molar-refractivity contribution is -0.117. The Kier molecular flexibility index (Phi) is 4.63. The largest absolute Gasteiger partial charge is 0.493 e. The summed E-state index contributed by atoms with van der Waals surface area (Å²) in [6.07, 6.45) is 0.908. The molecule has 0 spiro atoms. The number of primary amides is 1. The standard InChI is InChI=1S/C12H14FNO3/c1-8(15)4-3-7-17-10-6-2-5-9(13)11(10)12(14)16/h2,5-6H,3-4,7H2,1H3,(H2,14,16). The molecule has 1 aromatic carbocycles. The summed E-state index contributed by atoms with van der Waals surface area (Å²) in [6.45, 7) is 1.72. The maximum Gasteiger partial charge on any atom is 0.255 e. The molecule has 0 saturated heterocycles. The molecule has 0 heterocycles. The first-order valence-corrected chi connectivity index (χ1v) is 5.23. The minimum Gasteiger partial charge on any atom is -0.493 e. The Morgan fingerprint density at radius 2 is 2.12 bits per heavy atom. The summed E-state index contributed by atoms with van der Waals surface area (Å²) in [5.41, 5.74) is 4.80. The fraction of sp³-hybridized carbons (Fsp3) is 0.333. The molecule has 1 rings (SSSR count). The first-order valence-electron chi connectivity index (χ1n) is 5.23. The summed E-state index contributed by atoms with van der Waals surface area (Å²) in [6, 6.07) is 4.04. The molecule has 0 aliphatic carbocycles. The van der Waals surface area contributed by atoms with Crippen LogP contribution in [-0.2, 0) is 4.79 Å². The van der Waals surface area contributed by atoms with Crippen LogP contribution in [0.1, 0.15) is 30.1 Å². The Hall–Kier alpha value is -1.91. The zero-order valence-electron chi connectivity index (χ0n) is 9.53. The summed E-state index contributed by atoms with van der Waals surface area (Å²) in [4.78, 5) is 21.7. The van der Waals surface area contributed by atoms with Crippen LogP contribution in [0.25, 0.3) is 0 Å². The number of ketones is 1. The predicted molar refractivity (Wildman–Crippen MR) is 60.3 cm³/mol. The molecule has 1 amide bonds. The molecule has 92 valence electrons. The van der Waals surface area contributed by atoms with Gasteiger partial charge in [-0.25, -0.2) is 4.39 Å². The molecule has 0 atom stereocenters. The van der Waals surface area contributed by atoms with Crippen LogP contribution in [0.5, 0.6) is 5.75 Å². The fourth-order valence-corrected chi connectivity index (χ4v) is 1.37. The van der Waals surface area contributed by atoms with E-state index in [4.69, 9.17) is 10.5 Å². The minimum atomic E-state index is -0.871. The quantitative estimate of drug-likeness (QED) is 0.768. The highest BCUT2D eigenvalue weighted by Gasteiger charge is 2.14. The van der Waals surface area contributed by atoms with Gasteiger partial charge < -0.3 is 15.3 Å². The highest BCUT2D eigenvalue weighted by atomic mass is 19.1. The van der Waals surface area contributed by atoms with Gasteiger partial charge in [0.1, 0.15) is 22.9 Å². The number of hydrogen-bond acceptors (Lipinski definition) is 3. The second kappa shape index (κ2) is 5.98. The Balaban J connectivity index is 2.67. The number of ether oxygens (including phenoxy) is 1. The molecule has 0 aliphatic heterocycles. The van der Waals surface area contributed by atoms with Crippen LogP contribution in [0.2, 0.25) is 0 Å². The van der Waals surface area contributed by atoms with Crippen molar-refractivity contribution in [2.24, 2.45) is 5.73 Å². The summed E-state index contributed by atoms with van der Waals surface area (Å²) in [5.74, 6) is -1.41. The zero-order chi connectivity index (χ0) is 12.8. The number of halogens is 1. The summed E-state index contributed by atoms with van der Waals surface area (Å²) in [7, 11) is 0. The number of rotatable bonds is 6. The highest BCUT2D eigenvalue weighted by molar-refractivity contribution is 5.95. The number of amides is 1. The Morgan fingerprint density at radius 1 is 1.41 bits per heavy atom. The monoisotopic (exact) mass is 239 g/mol. The molecule has 0 radical (unpaired) electrons. The van der Waals surface area contributed by atoms with Gasteiger partial charge in [0.2, 0.25) is 0 Å². The minimum absolute atomic E-state index is 0.0583. The van der Waals surface area contributed by atoms with Gasteiger partial charge in [-0.1, -0.05) is 6.07 Å². The van der Waals surface area contributed by atoms with Crippen molar-refractivity contribution in [3.05, 3.63) is 29.6 Å². The number of benzene rings is 1. The van der Waals surface area contributed by atoms with Gasteiger partial charge in [0.15, 0.2) is 0 Å². The molecule has 0 bridgehead atoms. The SMILES string of the molecule is CC(=O)CCCOc1cccc(F)c1C(N)=O. The van der Waals surface area contributed by atoms with Crippen LogP contribution < -0.4 is 10.5 Å². The van der Waals surface area contributed by atoms with Crippen molar-refractivity contribution in [2.75, 3.05) is 6.61 Å². The zero-order valence-corrected chi connectivity index (χ0v) is 9.53. The van der Waals surface area contributed by atoms with E-state index >= 15 is 0 Å². The Morgan fingerprint density at radius 3 is 2.71 bits per heavy atom. The molecule has 17 heavy (non-hydrogen) atoms. The van der Waals surface area contributed by atoms with Crippen LogP contribution in [0.3, 0.4) is 0 Å². The topological polar surface area (TPSA) is 69.4 Å². The fourth-order valence-electron chi connectivity index (χ4n) is 1.37. The van der Waals surface area contributed by atoms with E-state index in [0.29, 0.717) is 12.8 Å². The van der Waals surface area contributed by atoms with Gasteiger partial charge in [-0.2, -0.15) is 0 Å². The lowest BCUT2D eigenvalue weighted by atomic mass is 10.2. The van der Waals surface area contributed by atoms with Crippen molar-refractivity contribution >= 4 is 11.7 Å². The number of carbonyl (C=O) groups is 2. The molecule has 0 fully saturated rings. The van der Waals surface area contributed by atoms with E-state index < -0.39 is 11.7 Å². The maximum atomic E-state index is 13.3. The van der Waals surface area contributed by atoms with E-state index in [0.717, 1.165) is 6.07 Å². The van der Waals surface area contributed by atoms with Crippen LogP contribution in [-0.4, -0.2) is 18.3 Å². The van der Waals surface area contributed by atoms with Gasteiger partial charge in [0.25, 0.3) is 5.91 Å². The van der Waals surface area contributed by atoms with Crippen molar-refractivity contribution in [1.82, 2.24) is 0 Å². The van der Waals surface area contributed by atoms with Crippen LogP contribution >= 0.6 is 0 Å². The second-order valence-corrected chi connectivity index (χ2v) is 3.63. The first-order chi connectivity index (χ1) is 8.02. The Labute approximate surface area is 98.6 Å². The molecule has 0 aromatic heterocycles. The number of carbonyl (C=O) groups excluding carboxylic acids is 2. The number of nitrogens with two attached hydrogens (primary N) is 1. The van der Waals surface area contributed by atoms with Crippen LogP contribution in [0, 0.1) is 5.82 Å². The first kappa shape index (κ1) is 13.2. The molecule has 1 aromatic rings. The molecular formula is C12H14FNO3. The van der Waals surface area contributed by atoms with Crippen molar-refractivity contribution in [3.8, 4) is 5.75 Å². The average molecular weight is 239 g/mol. The van der Waals surface area contributed by atoms with Crippen molar-refractivity contribution in [3.63, 3.8) is 0 Å². The highest BCUT2D eigenvalue weighted by Crippen LogP contribution is 2.21. The van der Waals surface area contributed by atoms with Crippen molar-refractivity contribution < 1.29 is 18.7 Å². The third-order valence-corrected chi connectivity index (χ3v) is 2.15. The van der Waals surface area contributed by atoms with Crippen molar-refractivity contribution in [2.45, 2.75) is 19.8 Å². The van der Waals surface area contributed by atoms with Gasteiger partial charge in [0, 0.05) is 6.42 Å². The third-order valence-electron chi connectivity index (χ3n) is 2.15. The lowest BCUT2D eigenvalue weighted by Gasteiger charge is -2.09. The molecule has 0 saturated carbocycles. The molecular weight excluding hydrogens is 225 g/mol. The summed E-state index contributed by atoms with van der Waals surface area (Å²) < 4.78 is 18.5. The molecule has 0 aliphatic rings. The average Bonchev–Trinajstić information content (AvgIpc) is 2.23. The van der Waals surface area contributed by atoms with Crippen molar-refractivity contribution in [1.29, 1.82) is 0 Å². The van der Waals surface area contributed by atoms with E-state index in [1.54, 1.807) is 0 Å². The Bertz CT molecular complexity index is 432. The number of Topliss-reactive ketones (excluding diaryl/α,β-unsaturated/α-hetero) is 1. The summed E-state index contributed by atoms with van der Waals surface area (Å²) in [5, 5.41) is 0. The molecule has 0 unspecified atom stereocenters. The number of hydrogen-bond donors (Lipinski definition) is 1. The van der Waals surface area contributed by atoms with Gasteiger partial charge >= 0.3 is 0 Å². The maximum absolute atomic E-state index is 13.3. The van der Waals surface area contributed by atoms with Gasteiger partial charge in [-0.3, -0.25) is 4.79 Å². The normalized spacial score (nSPS) is 10.0. The van der Waals surface area contributed by atoms with E-state index in [1.807, 2.05) is 0 Å². The lowest BCUT2D eigenvalue weighted by Crippen LogP contribution is -2.15. The van der Waals surface area contributed by atoms with E-state index in [1.165, 1.54) is 19.1 Å². The van der Waals surface area contributed by atoms with Gasteiger partial charge in [-0.15, -0.1) is 0 Å². The van der Waals surface area contributed by atoms with Gasteiger partial charge in [-0.05, 0) is 25.5 Å². The van der Waals surface area contributed by atoms with E-state index in [-0.39, 0.29) is 23.7 Å². The van der Waals surface area contributed by atoms with Crippen LogP contribution in [0.4, 0.5) is 4.39 Å².